The number of halogens is 2. The van der Waals surface area contributed by atoms with Crippen LogP contribution in [0.25, 0.3) is 11.4 Å². The number of hydrogen-bond donors (Lipinski definition) is 1. The number of aromatic amines is 1. The number of nitrogens with one attached hydrogen (secondary N) is 1. The van der Waals surface area contributed by atoms with Crippen molar-refractivity contribution in [2.24, 2.45) is 5.10 Å². The number of benzene rings is 2. The molecule has 0 radical (unpaired) electrons. The molecule has 0 unspecified atom stereocenters. The molecular formula is C16H12Cl2N4S. The van der Waals surface area contributed by atoms with Gasteiger partial charge in [-0.2, -0.15) is 14.9 Å². The highest BCUT2D eigenvalue weighted by molar-refractivity contribution is 7.71. The molecule has 1 heterocycles. The molecule has 0 amide bonds. The minimum atomic E-state index is 0.390. The molecule has 0 atom stereocenters. The normalized spacial score (nSPS) is 11.3. The van der Waals surface area contributed by atoms with E-state index in [1.165, 1.54) is 0 Å². The molecule has 1 N–H and O–H groups in total. The Labute approximate surface area is 148 Å². The second-order valence-electron chi connectivity index (χ2n) is 4.91. The number of H-pyrrole nitrogens is 1. The molecule has 1 aromatic heterocycles. The third-order valence-corrected chi connectivity index (χ3v) is 4.15. The molecule has 0 spiro atoms. The first-order chi connectivity index (χ1) is 11.1. The Bertz CT molecular complexity index is 923. The molecule has 7 heteroatoms. The van der Waals surface area contributed by atoms with Crippen LogP contribution in [-0.4, -0.2) is 21.1 Å². The van der Waals surface area contributed by atoms with Crippen molar-refractivity contribution >= 4 is 41.6 Å². The van der Waals surface area contributed by atoms with Crippen LogP contribution in [0, 0.1) is 11.7 Å². The van der Waals surface area contributed by atoms with Gasteiger partial charge in [0, 0.05) is 11.1 Å². The fraction of sp³-hybridized carbons (Fsp3) is 0.0625. The summed E-state index contributed by atoms with van der Waals surface area (Å²) in [6.07, 6.45) is 1.58. The lowest BCUT2D eigenvalue weighted by Crippen LogP contribution is -1.96. The van der Waals surface area contributed by atoms with Gasteiger partial charge in [0.15, 0.2) is 5.82 Å². The molecule has 0 fully saturated rings. The molecule has 3 rings (SSSR count). The lowest BCUT2D eigenvalue weighted by molar-refractivity contribution is 0.871. The van der Waals surface area contributed by atoms with E-state index in [0.717, 1.165) is 11.1 Å². The van der Waals surface area contributed by atoms with E-state index in [9.17, 15) is 0 Å². The maximum Gasteiger partial charge on any atom is 0.216 e. The van der Waals surface area contributed by atoms with Crippen LogP contribution in [0.2, 0.25) is 10.0 Å². The lowest BCUT2D eigenvalue weighted by Gasteiger charge is -2.03. The highest BCUT2D eigenvalue weighted by Gasteiger charge is 2.09. The molecule has 4 nitrogen and oxygen atoms in total. The van der Waals surface area contributed by atoms with Gasteiger partial charge in [0.1, 0.15) is 0 Å². The summed E-state index contributed by atoms with van der Waals surface area (Å²) in [7, 11) is 0. The van der Waals surface area contributed by atoms with E-state index in [1.54, 1.807) is 29.1 Å². The van der Waals surface area contributed by atoms with Crippen LogP contribution in [0.15, 0.2) is 47.6 Å². The van der Waals surface area contributed by atoms with Gasteiger partial charge in [0.2, 0.25) is 4.77 Å². The van der Waals surface area contributed by atoms with E-state index in [4.69, 9.17) is 35.4 Å². The predicted octanol–water partition coefficient (Wildman–Crippen LogP) is 5.11. The largest absolute Gasteiger partial charge is 0.250 e. The lowest BCUT2D eigenvalue weighted by atomic mass is 10.1. The van der Waals surface area contributed by atoms with Crippen LogP contribution in [0.1, 0.15) is 11.1 Å². The first-order valence-corrected chi connectivity index (χ1v) is 7.95. The summed E-state index contributed by atoms with van der Waals surface area (Å²) in [5.41, 5.74) is 2.68. The van der Waals surface area contributed by atoms with Crippen molar-refractivity contribution in [1.82, 2.24) is 14.9 Å². The van der Waals surface area contributed by atoms with Gasteiger partial charge >= 0.3 is 0 Å². The van der Waals surface area contributed by atoms with Crippen molar-refractivity contribution in [3.63, 3.8) is 0 Å². The van der Waals surface area contributed by atoms with Crippen LogP contribution >= 0.6 is 35.4 Å². The number of rotatable bonds is 3. The molecule has 0 aliphatic heterocycles. The third-order valence-electron chi connectivity index (χ3n) is 3.23. The van der Waals surface area contributed by atoms with Gasteiger partial charge in [-0.15, -0.1) is 0 Å². The molecule has 2 aromatic carbocycles. The Morgan fingerprint density at radius 2 is 1.87 bits per heavy atom. The minimum absolute atomic E-state index is 0.390. The van der Waals surface area contributed by atoms with E-state index >= 15 is 0 Å². The summed E-state index contributed by atoms with van der Waals surface area (Å²) in [6, 6.07) is 13.2. The van der Waals surface area contributed by atoms with Crippen LogP contribution in [0.5, 0.6) is 0 Å². The second-order valence-corrected chi connectivity index (χ2v) is 6.11. The molecule has 0 aliphatic carbocycles. The maximum absolute atomic E-state index is 6.15. The molecule has 23 heavy (non-hydrogen) atoms. The van der Waals surface area contributed by atoms with Crippen molar-refractivity contribution in [1.29, 1.82) is 0 Å². The van der Waals surface area contributed by atoms with E-state index in [1.807, 2.05) is 31.2 Å². The third kappa shape index (κ3) is 3.37. The van der Waals surface area contributed by atoms with Gasteiger partial charge in [-0.1, -0.05) is 53.0 Å². The fourth-order valence-corrected chi connectivity index (χ4v) is 2.79. The molecule has 0 aliphatic rings. The van der Waals surface area contributed by atoms with E-state index in [0.29, 0.717) is 26.2 Å². The number of aryl methyl sites for hydroxylation is 1. The van der Waals surface area contributed by atoms with Crippen molar-refractivity contribution < 1.29 is 0 Å². The van der Waals surface area contributed by atoms with Gasteiger partial charge in [-0.25, -0.2) is 5.10 Å². The predicted molar refractivity (Wildman–Crippen MR) is 97.0 cm³/mol. The molecule has 3 aromatic rings. The standard InChI is InChI=1S/C16H12Cl2N4S/c1-10-4-2-5-11(8-10)15-20-21-16(23)22(15)19-9-12-13(17)6-3-7-14(12)18/h2-9H,1H3,(H,21,23)/b19-9+. The van der Waals surface area contributed by atoms with Crippen molar-refractivity contribution in [2.75, 3.05) is 0 Å². The smallest absolute Gasteiger partial charge is 0.216 e. The molecule has 0 bridgehead atoms. The Kier molecular flexibility index (Phi) is 4.61. The Morgan fingerprint density at radius 1 is 1.17 bits per heavy atom. The van der Waals surface area contributed by atoms with Crippen LogP contribution in [-0.2, 0) is 0 Å². The van der Waals surface area contributed by atoms with E-state index in [2.05, 4.69) is 15.3 Å². The molecule has 116 valence electrons. The van der Waals surface area contributed by atoms with Gasteiger partial charge in [-0.3, -0.25) is 0 Å². The fourth-order valence-electron chi connectivity index (χ4n) is 2.12. The summed E-state index contributed by atoms with van der Waals surface area (Å²) in [6.45, 7) is 2.02. The van der Waals surface area contributed by atoms with Crippen molar-refractivity contribution in [2.45, 2.75) is 6.92 Å². The Hall–Kier alpha value is -1.95. The zero-order valence-electron chi connectivity index (χ0n) is 12.1. The maximum atomic E-state index is 6.15. The van der Waals surface area contributed by atoms with Gasteiger partial charge in [0.25, 0.3) is 0 Å². The minimum Gasteiger partial charge on any atom is -0.250 e. The Morgan fingerprint density at radius 3 is 2.57 bits per heavy atom. The topological polar surface area (TPSA) is 46.0 Å². The summed E-state index contributed by atoms with van der Waals surface area (Å²) in [5, 5.41) is 12.4. The molecular weight excluding hydrogens is 351 g/mol. The number of hydrogen-bond acceptors (Lipinski definition) is 3. The van der Waals surface area contributed by atoms with Gasteiger partial charge in [-0.05, 0) is 37.3 Å². The summed E-state index contributed by atoms with van der Waals surface area (Å²) >= 11 is 17.6. The molecule has 0 saturated heterocycles. The summed E-state index contributed by atoms with van der Waals surface area (Å²) in [4.78, 5) is 0. The first kappa shape index (κ1) is 15.9. The SMILES string of the molecule is Cc1cccc(-c2n[nH]c(=S)n2/N=C/c2c(Cl)cccc2Cl)c1. The number of aromatic nitrogens is 3. The average Bonchev–Trinajstić information content (AvgIpc) is 2.88. The zero-order valence-corrected chi connectivity index (χ0v) is 14.5. The van der Waals surface area contributed by atoms with Crippen molar-refractivity contribution in [3.8, 4) is 11.4 Å². The first-order valence-electron chi connectivity index (χ1n) is 6.79. The average molecular weight is 363 g/mol. The summed E-state index contributed by atoms with van der Waals surface area (Å²) < 4.78 is 1.94. The summed E-state index contributed by atoms with van der Waals surface area (Å²) in [5.74, 6) is 0.623. The van der Waals surface area contributed by atoms with Crippen LogP contribution < -0.4 is 0 Å². The van der Waals surface area contributed by atoms with Crippen LogP contribution in [0.4, 0.5) is 0 Å². The highest BCUT2D eigenvalue weighted by atomic mass is 35.5. The van der Waals surface area contributed by atoms with Crippen LogP contribution in [0.3, 0.4) is 0 Å². The van der Waals surface area contributed by atoms with Crippen molar-refractivity contribution in [3.05, 3.63) is 68.4 Å². The highest BCUT2D eigenvalue weighted by Crippen LogP contribution is 2.23. The van der Waals surface area contributed by atoms with Gasteiger partial charge in [0.05, 0.1) is 16.3 Å². The monoisotopic (exact) mass is 362 g/mol. The van der Waals surface area contributed by atoms with E-state index < -0.39 is 0 Å². The molecule has 0 saturated carbocycles. The zero-order chi connectivity index (χ0) is 16.4. The van der Waals surface area contributed by atoms with E-state index in [-0.39, 0.29) is 0 Å². The number of nitrogens with zero attached hydrogens (tertiary/aromatic N) is 3. The van der Waals surface area contributed by atoms with Gasteiger partial charge < -0.3 is 0 Å². The second kappa shape index (κ2) is 6.66. The Balaban J connectivity index is 2.06. The quantitative estimate of drug-likeness (QED) is 0.520.